The van der Waals surface area contributed by atoms with E-state index in [0.717, 1.165) is 19.3 Å². The molecule has 0 aromatic carbocycles. The summed E-state index contributed by atoms with van der Waals surface area (Å²) in [7, 11) is -1.61. The standard InChI is InChI=1S/C10H18N4O2S/c1-11-7-9-8-12-13-10(9)17(15,16)14-5-3-2-4-6-14/h8,11H,2-7H2,1H3,(H,12,13). The zero-order valence-electron chi connectivity index (χ0n) is 9.94. The first-order chi connectivity index (χ1) is 8.16. The largest absolute Gasteiger partial charge is 0.316 e. The van der Waals surface area contributed by atoms with Gasteiger partial charge >= 0.3 is 0 Å². The molecule has 0 spiro atoms. The average molecular weight is 258 g/mol. The van der Waals surface area contributed by atoms with Crippen molar-refractivity contribution in [3.63, 3.8) is 0 Å². The second-order valence-corrected chi connectivity index (χ2v) is 6.09. The molecule has 0 radical (unpaired) electrons. The monoisotopic (exact) mass is 258 g/mol. The van der Waals surface area contributed by atoms with Gasteiger partial charge in [0.2, 0.25) is 0 Å². The van der Waals surface area contributed by atoms with E-state index in [-0.39, 0.29) is 5.03 Å². The highest BCUT2D eigenvalue weighted by Gasteiger charge is 2.29. The first-order valence-corrected chi connectivity index (χ1v) is 7.27. The first kappa shape index (κ1) is 12.5. The van der Waals surface area contributed by atoms with Crippen LogP contribution in [0.15, 0.2) is 11.2 Å². The van der Waals surface area contributed by atoms with Crippen LogP contribution in [0.3, 0.4) is 0 Å². The molecule has 1 aromatic heterocycles. The lowest BCUT2D eigenvalue weighted by Gasteiger charge is -2.25. The van der Waals surface area contributed by atoms with Crippen molar-refractivity contribution in [2.75, 3.05) is 20.1 Å². The molecule has 7 heteroatoms. The third kappa shape index (κ3) is 2.51. The molecule has 0 bridgehead atoms. The number of aromatic nitrogens is 2. The molecule has 0 atom stereocenters. The van der Waals surface area contributed by atoms with Crippen molar-refractivity contribution in [3.05, 3.63) is 11.8 Å². The number of hydrogen-bond donors (Lipinski definition) is 2. The van der Waals surface area contributed by atoms with Crippen molar-refractivity contribution < 1.29 is 8.42 Å². The Labute approximate surface area is 101 Å². The van der Waals surface area contributed by atoms with Gasteiger partial charge < -0.3 is 5.32 Å². The molecule has 2 N–H and O–H groups in total. The maximum absolute atomic E-state index is 12.4. The van der Waals surface area contributed by atoms with Crippen LogP contribution in [0.5, 0.6) is 0 Å². The molecular formula is C10H18N4O2S. The van der Waals surface area contributed by atoms with E-state index in [1.165, 1.54) is 0 Å². The second-order valence-electron chi connectivity index (χ2n) is 4.22. The van der Waals surface area contributed by atoms with Gasteiger partial charge in [-0.05, 0) is 19.9 Å². The van der Waals surface area contributed by atoms with Gasteiger partial charge in [0.05, 0.1) is 6.20 Å². The van der Waals surface area contributed by atoms with Crippen LogP contribution in [0.4, 0.5) is 0 Å². The molecule has 1 fully saturated rings. The fraction of sp³-hybridized carbons (Fsp3) is 0.700. The zero-order chi connectivity index (χ0) is 12.3. The van der Waals surface area contributed by atoms with Crippen molar-refractivity contribution in [2.45, 2.75) is 30.8 Å². The fourth-order valence-electron chi connectivity index (χ4n) is 2.07. The van der Waals surface area contributed by atoms with Crippen LogP contribution in [0.1, 0.15) is 24.8 Å². The summed E-state index contributed by atoms with van der Waals surface area (Å²) in [5.41, 5.74) is 0.693. The number of rotatable bonds is 4. The molecule has 1 aromatic rings. The minimum atomic E-state index is -3.40. The molecule has 2 heterocycles. The van der Waals surface area contributed by atoms with E-state index in [9.17, 15) is 8.42 Å². The highest BCUT2D eigenvalue weighted by molar-refractivity contribution is 7.89. The van der Waals surface area contributed by atoms with E-state index >= 15 is 0 Å². The van der Waals surface area contributed by atoms with Crippen LogP contribution < -0.4 is 5.32 Å². The summed E-state index contributed by atoms with van der Waals surface area (Å²) in [6.07, 6.45) is 4.55. The maximum atomic E-state index is 12.4. The summed E-state index contributed by atoms with van der Waals surface area (Å²) in [6, 6.07) is 0. The van der Waals surface area contributed by atoms with E-state index in [2.05, 4.69) is 15.5 Å². The molecule has 1 aliphatic rings. The second kappa shape index (κ2) is 5.16. The predicted molar refractivity (Wildman–Crippen MR) is 64.0 cm³/mol. The minimum absolute atomic E-state index is 0.230. The Hall–Kier alpha value is -0.920. The van der Waals surface area contributed by atoms with Crippen molar-refractivity contribution in [1.29, 1.82) is 0 Å². The number of sulfonamides is 1. The molecule has 17 heavy (non-hydrogen) atoms. The van der Waals surface area contributed by atoms with Gasteiger partial charge in [-0.15, -0.1) is 0 Å². The van der Waals surface area contributed by atoms with Crippen molar-refractivity contribution in [3.8, 4) is 0 Å². The summed E-state index contributed by atoms with van der Waals surface area (Å²) >= 11 is 0. The zero-order valence-corrected chi connectivity index (χ0v) is 10.8. The number of aromatic amines is 1. The van der Waals surface area contributed by atoms with Crippen LogP contribution in [-0.2, 0) is 16.6 Å². The lowest BCUT2D eigenvalue weighted by molar-refractivity contribution is 0.345. The quantitative estimate of drug-likeness (QED) is 0.814. The molecular weight excluding hydrogens is 240 g/mol. The van der Waals surface area contributed by atoms with Crippen molar-refractivity contribution >= 4 is 10.0 Å². The summed E-state index contributed by atoms with van der Waals surface area (Å²) in [6.45, 7) is 1.72. The smallest absolute Gasteiger partial charge is 0.260 e. The molecule has 6 nitrogen and oxygen atoms in total. The van der Waals surface area contributed by atoms with Gasteiger partial charge in [-0.1, -0.05) is 6.42 Å². The Morgan fingerprint density at radius 2 is 2.12 bits per heavy atom. The van der Waals surface area contributed by atoms with Crippen LogP contribution in [0.2, 0.25) is 0 Å². The van der Waals surface area contributed by atoms with Gasteiger partial charge in [-0.25, -0.2) is 8.42 Å². The van der Waals surface area contributed by atoms with E-state index in [1.54, 1.807) is 17.5 Å². The number of piperidine rings is 1. The van der Waals surface area contributed by atoms with Gasteiger partial charge in [0.15, 0.2) is 5.03 Å². The minimum Gasteiger partial charge on any atom is -0.316 e. The fourth-order valence-corrected chi connectivity index (χ4v) is 3.69. The molecule has 96 valence electrons. The Kier molecular flexibility index (Phi) is 3.80. The average Bonchev–Trinajstić information content (AvgIpc) is 2.80. The molecule has 1 saturated heterocycles. The lowest BCUT2D eigenvalue weighted by Crippen LogP contribution is -2.36. The topological polar surface area (TPSA) is 78.1 Å². The molecule has 1 aliphatic heterocycles. The number of nitrogens with zero attached hydrogens (tertiary/aromatic N) is 2. The Morgan fingerprint density at radius 1 is 1.41 bits per heavy atom. The number of hydrogen-bond acceptors (Lipinski definition) is 4. The van der Waals surface area contributed by atoms with Gasteiger partial charge in [-0.2, -0.15) is 9.40 Å². The Balaban J connectivity index is 2.27. The van der Waals surface area contributed by atoms with Gasteiger partial charge in [0.25, 0.3) is 10.0 Å². The third-order valence-corrected chi connectivity index (χ3v) is 4.87. The maximum Gasteiger partial charge on any atom is 0.260 e. The lowest BCUT2D eigenvalue weighted by atomic mass is 10.2. The van der Waals surface area contributed by atoms with E-state index in [4.69, 9.17) is 0 Å². The molecule has 0 amide bonds. The molecule has 0 unspecified atom stereocenters. The normalized spacial score (nSPS) is 18.4. The van der Waals surface area contributed by atoms with Gasteiger partial charge in [-0.3, -0.25) is 5.10 Å². The summed E-state index contributed by atoms with van der Waals surface area (Å²) in [5, 5.41) is 9.61. The number of H-pyrrole nitrogens is 1. The van der Waals surface area contributed by atoms with Crippen LogP contribution in [0.25, 0.3) is 0 Å². The van der Waals surface area contributed by atoms with E-state index in [1.807, 2.05) is 0 Å². The van der Waals surface area contributed by atoms with Crippen LogP contribution in [0, 0.1) is 0 Å². The summed E-state index contributed by atoms with van der Waals surface area (Å²) in [4.78, 5) is 0. The van der Waals surface area contributed by atoms with Gasteiger partial charge in [0, 0.05) is 25.2 Å². The van der Waals surface area contributed by atoms with Crippen LogP contribution >= 0.6 is 0 Å². The van der Waals surface area contributed by atoms with Crippen LogP contribution in [-0.4, -0.2) is 43.1 Å². The predicted octanol–water partition coefficient (Wildman–Crippen LogP) is 0.304. The van der Waals surface area contributed by atoms with E-state index < -0.39 is 10.0 Å². The highest BCUT2D eigenvalue weighted by Crippen LogP contribution is 2.21. The van der Waals surface area contributed by atoms with Crippen molar-refractivity contribution in [1.82, 2.24) is 19.8 Å². The Morgan fingerprint density at radius 3 is 2.76 bits per heavy atom. The molecule has 0 saturated carbocycles. The Bertz CT molecular complexity index is 462. The molecule has 2 rings (SSSR count). The molecule has 0 aliphatic carbocycles. The summed E-state index contributed by atoms with van der Waals surface area (Å²) in [5.74, 6) is 0. The third-order valence-electron chi connectivity index (χ3n) is 2.96. The van der Waals surface area contributed by atoms with Gasteiger partial charge in [0.1, 0.15) is 0 Å². The summed E-state index contributed by atoms with van der Waals surface area (Å²) < 4.78 is 26.3. The van der Waals surface area contributed by atoms with E-state index in [0.29, 0.717) is 25.2 Å². The first-order valence-electron chi connectivity index (χ1n) is 5.83. The SMILES string of the molecule is CNCc1cn[nH]c1S(=O)(=O)N1CCCCC1. The number of nitrogens with one attached hydrogen (secondary N) is 2. The van der Waals surface area contributed by atoms with Crippen molar-refractivity contribution in [2.24, 2.45) is 0 Å². The highest BCUT2D eigenvalue weighted by atomic mass is 32.2.